The van der Waals surface area contributed by atoms with Crippen LogP contribution in [0, 0.1) is 27.4 Å². The number of carbonyl (C=O) groups excluding carboxylic acids is 2. The monoisotopic (exact) mass is 440 g/mol. The van der Waals surface area contributed by atoms with Crippen LogP contribution >= 0.6 is 0 Å². The lowest BCUT2D eigenvalue weighted by Crippen LogP contribution is -2.37. The summed E-state index contributed by atoms with van der Waals surface area (Å²) in [7, 11) is 0. The first kappa shape index (κ1) is 20.4. The fourth-order valence-corrected chi connectivity index (χ4v) is 4.37. The third-order valence-corrected chi connectivity index (χ3v) is 5.83. The summed E-state index contributed by atoms with van der Waals surface area (Å²) in [5.74, 6) is -2.07. The molecule has 0 saturated carbocycles. The summed E-state index contributed by atoms with van der Waals surface area (Å²) < 4.78 is 0. The number of fused-ring (bicyclic) bond motifs is 1. The van der Waals surface area contributed by atoms with Crippen molar-refractivity contribution in [2.45, 2.75) is 12.1 Å². The van der Waals surface area contributed by atoms with E-state index in [4.69, 9.17) is 10.1 Å². The number of para-hydroxylation sites is 2. The Morgan fingerprint density at radius 3 is 2.21 bits per heavy atom. The molecule has 9 heteroatoms. The predicted molar refractivity (Wildman–Crippen MR) is 117 cm³/mol. The molecule has 3 atom stereocenters. The van der Waals surface area contributed by atoms with E-state index in [1.54, 1.807) is 42.5 Å². The van der Waals surface area contributed by atoms with Gasteiger partial charge in [0.15, 0.2) is 6.10 Å². The number of hydrogen-bond acceptors (Lipinski definition) is 7. The van der Waals surface area contributed by atoms with Gasteiger partial charge in [-0.2, -0.15) is 5.26 Å². The van der Waals surface area contributed by atoms with Gasteiger partial charge in [-0.1, -0.05) is 30.3 Å². The quantitative estimate of drug-likeness (QED) is 0.346. The van der Waals surface area contributed by atoms with Crippen LogP contribution in [-0.2, 0) is 14.4 Å². The molecule has 0 bridgehead atoms. The number of imide groups is 1. The van der Waals surface area contributed by atoms with Crippen molar-refractivity contribution in [3.63, 3.8) is 0 Å². The highest BCUT2D eigenvalue weighted by Crippen LogP contribution is 2.49. The largest absolute Gasteiger partial charge is 0.274 e. The van der Waals surface area contributed by atoms with Crippen LogP contribution in [-0.4, -0.2) is 22.8 Å². The molecule has 0 unspecified atom stereocenters. The standard InChI is InChI=1S/C24H16N4O5/c25-14-15-10-12-16(13-11-15)26-23(29)20-21(18-8-4-5-9-19(18)28(31)32)27(33-22(20)24(26)30)17-6-2-1-3-7-17/h1-13,20-22H/t20-,21-,22-/m0/s1. The van der Waals surface area contributed by atoms with Crippen LogP contribution in [0.5, 0.6) is 0 Å². The van der Waals surface area contributed by atoms with Gasteiger partial charge in [0.2, 0.25) is 5.91 Å². The number of carbonyl (C=O) groups is 2. The minimum Gasteiger partial charge on any atom is -0.273 e. The third kappa shape index (κ3) is 3.21. The second kappa shape index (κ2) is 7.85. The number of anilines is 2. The average molecular weight is 440 g/mol. The minimum atomic E-state index is -1.14. The Morgan fingerprint density at radius 2 is 1.55 bits per heavy atom. The van der Waals surface area contributed by atoms with Crippen LogP contribution in [0.15, 0.2) is 78.9 Å². The molecule has 0 N–H and O–H groups in total. The van der Waals surface area contributed by atoms with E-state index in [1.165, 1.54) is 35.4 Å². The lowest BCUT2D eigenvalue weighted by Gasteiger charge is -2.28. The molecule has 0 aromatic heterocycles. The highest BCUT2D eigenvalue weighted by Gasteiger charge is 2.61. The van der Waals surface area contributed by atoms with Crippen molar-refractivity contribution < 1.29 is 19.3 Å². The summed E-state index contributed by atoms with van der Waals surface area (Å²) >= 11 is 0. The lowest BCUT2D eigenvalue weighted by atomic mass is 9.89. The summed E-state index contributed by atoms with van der Waals surface area (Å²) in [6, 6.07) is 22.2. The van der Waals surface area contributed by atoms with Crippen LogP contribution in [0.4, 0.5) is 17.1 Å². The molecule has 2 aliphatic heterocycles. The second-order valence-corrected chi connectivity index (χ2v) is 7.64. The Bertz CT molecular complexity index is 1300. The Morgan fingerprint density at radius 1 is 0.879 bits per heavy atom. The highest BCUT2D eigenvalue weighted by molar-refractivity contribution is 6.24. The third-order valence-electron chi connectivity index (χ3n) is 5.83. The van der Waals surface area contributed by atoms with Crippen molar-refractivity contribution in [1.29, 1.82) is 5.26 Å². The van der Waals surface area contributed by atoms with E-state index < -0.39 is 34.8 Å². The van der Waals surface area contributed by atoms with Gasteiger partial charge in [-0.25, -0.2) is 9.96 Å². The zero-order valence-electron chi connectivity index (χ0n) is 17.1. The predicted octanol–water partition coefficient (Wildman–Crippen LogP) is 3.52. The average Bonchev–Trinajstić information content (AvgIpc) is 3.35. The molecule has 162 valence electrons. The van der Waals surface area contributed by atoms with Gasteiger partial charge < -0.3 is 0 Å². The summed E-state index contributed by atoms with van der Waals surface area (Å²) in [5, 5.41) is 22.2. The van der Waals surface area contributed by atoms with E-state index in [2.05, 4.69) is 0 Å². The van der Waals surface area contributed by atoms with E-state index in [0.29, 0.717) is 16.9 Å². The number of nitrogens with zero attached hydrogens (tertiary/aromatic N) is 4. The normalized spacial score (nSPS) is 21.7. The van der Waals surface area contributed by atoms with Gasteiger partial charge in [-0.05, 0) is 42.5 Å². The zero-order chi connectivity index (χ0) is 23.1. The number of nitro groups is 1. The number of rotatable bonds is 4. The maximum atomic E-state index is 13.6. The number of hydrogen-bond donors (Lipinski definition) is 0. The number of hydroxylamine groups is 1. The number of benzene rings is 3. The van der Waals surface area contributed by atoms with Crippen LogP contribution in [0.3, 0.4) is 0 Å². The SMILES string of the molecule is N#Cc1ccc(N2C(=O)[C@@H]3[C@H](ON(c4ccccc4)[C@H]3c3ccccc3[N+](=O)[O-])C2=O)cc1. The fraction of sp³-hybridized carbons (Fsp3) is 0.125. The molecule has 2 heterocycles. The summed E-state index contributed by atoms with van der Waals surface area (Å²) in [5.41, 5.74) is 1.39. The fourth-order valence-electron chi connectivity index (χ4n) is 4.37. The van der Waals surface area contributed by atoms with Gasteiger partial charge in [0, 0.05) is 6.07 Å². The number of nitriles is 1. The molecule has 0 spiro atoms. The molecule has 2 aliphatic rings. The molecule has 3 aromatic carbocycles. The molecule has 2 fully saturated rings. The van der Waals surface area contributed by atoms with E-state index >= 15 is 0 Å². The van der Waals surface area contributed by atoms with Gasteiger partial charge in [0.25, 0.3) is 11.6 Å². The van der Waals surface area contributed by atoms with Crippen molar-refractivity contribution in [2.24, 2.45) is 5.92 Å². The smallest absolute Gasteiger partial charge is 0.273 e. The summed E-state index contributed by atoms with van der Waals surface area (Å²) in [4.78, 5) is 45.1. The van der Waals surface area contributed by atoms with Gasteiger partial charge in [-0.15, -0.1) is 0 Å². The summed E-state index contributed by atoms with van der Waals surface area (Å²) in [6.07, 6.45) is -1.14. The van der Waals surface area contributed by atoms with Crippen molar-refractivity contribution in [3.05, 3.63) is 100 Å². The first-order chi connectivity index (χ1) is 16.0. The molecule has 0 radical (unpaired) electrons. The molecule has 5 rings (SSSR count). The van der Waals surface area contributed by atoms with Crippen molar-refractivity contribution in [3.8, 4) is 6.07 Å². The van der Waals surface area contributed by atoms with E-state index in [9.17, 15) is 19.7 Å². The number of amides is 2. The highest BCUT2D eigenvalue weighted by atomic mass is 16.7. The minimum absolute atomic E-state index is 0.162. The van der Waals surface area contributed by atoms with E-state index in [0.717, 1.165) is 4.90 Å². The second-order valence-electron chi connectivity index (χ2n) is 7.64. The number of nitro benzene ring substituents is 1. The van der Waals surface area contributed by atoms with Crippen molar-refractivity contribution >= 4 is 28.9 Å². The Hall–Kier alpha value is -4.55. The van der Waals surface area contributed by atoms with E-state index in [-0.39, 0.29) is 11.3 Å². The molecule has 2 saturated heterocycles. The topological polar surface area (TPSA) is 117 Å². The first-order valence-electron chi connectivity index (χ1n) is 10.1. The molecule has 0 aliphatic carbocycles. The molecule has 9 nitrogen and oxygen atoms in total. The molecule has 33 heavy (non-hydrogen) atoms. The maximum absolute atomic E-state index is 13.6. The zero-order valence-corrected chi connectivity index (χ0v) is 17.1. The van der Waals surface area contributed by atoms with Crippen LogP contribution in [0.2, 0.25) is 0 Å². The van der Waals surface area contributed by atoms with Gasteiger partial charge >= 0.3 is 0 Å². The van der Waals surface area contributed by atoms with Crippen LogP contribution < -0.4 is 9.96 Å². The Kier molecular flexibility index (Phi) is 4.84. The van der Waals surface area contributed by atoms with Gasteiger partial charge in [0.1, 0.15) is 12.0 Å². The van der Waals surface area contributed by atoms with Crippen LogP contribution in [0.1, 0.15) is 17.2 Å². The Labute approximate surface area is 188 Å². The molecule has 3 aromatic rings. The molecular formula is C24H16N4O5. The summed E-state index contributed by atoms with van der Waals surface area (Å²) in [6.45, 7) is 0. The first-order valence-corrected chi connectivity index (χ1v) is 10.1. The maximum Gasteiger partial charge on any atom is 0.274 e. The van der Waals surface area contributed by atoms with Gasteiger partial charge in [-0.3, -0.25) is 24.5 Å². The lowest BCUT2D eigenvalue weighted by molar-refractivity contribution is -0.385. The van der Waals surface area contributed by atoms with Crippen LogP contribution in [0.25, 0.3) is 0 Å². The van der Waals surface area contributed by atoms with Gasteiger partial charge in [0.05, 0.1) is 33.5 Å². The van der Waals surface area contributed by atoms with E-state index in [1.807, 2.05) is 12.1 Å². The molecule has 2 amide bonds. The van der Waals surface area contributed by atoms with Crippen molar-refractivity contribution in [1.82, 2.24) is 0 Å². The molecular weight excluding hydrogens is 424 g/mol. The Balaban J connectivity index is 1.62. The van der Waals surface area contributed by atoms with Crippen molar-refractivity contribution in [2.75, 3.05) is 9.96 Å².